The van der Waals surface area contributed by atoms with Gasteiger partial charge in [-0.05, 0) is 50.6 Å². The summed E-state index contributed by atoms with van der Waals surface area (Å²) in [6.45, 7) is 5.36. The molecule has 4 rings (SSSR count). The lowest BCUT2D eigenvalue weighted by Gasteiger charge is -2.29. The van der Waals surface area contributed by atoms with Crippen LogP contribution in [0, 0.1) is 11.6 Å². The zero-order valence-electron chi connectivity index (χ0n) is 20.1. The fourth-order valence-corrected chi connectivity index (χ4v) is 5.08. The van der Waals surface area contributed by atoms with Gasteiger partial charge < -0.3 is 9.08 Å². The fraction of sp³-hybridized carbons (Fsp3) is 0.280. The molecule has 2 aromatic heterocycles. The Morgan fingerprint density at radius 2 is 1.78 bits per heavy atom. The van der Waals surface area contributed by atoms with Crippen LogP contribution in [0.1, 0.15) is 38.1 Å². The van der Waals surface area contributed by atoms with Gasteiger partial charge in [-0.3, -0.25) is 0 Å². The van der Waals surface area contributed by atoms with Gasteiger partial charge >= 0.3 is 0 Å². The summed E-state index contributed by atoms with van der Waals surface area (Å²) in [5.74, 6) is -1.25. The number of rotatable bonds is 7. The van der Waals surface area contributed by atoms with E-state index in [4.69, 9.17) is 4.52 Å². The summed E-state index contributed by atoms with van der Waals surface area (Å²) in [7, 11) is -3.68. The Balaban J connectivity index is 1.85. The third-order valence-corrected chi connectivity index (χ3v) is 8.12. The Morgan fingerprint density at radius 3 is 2.47 bits per heavy atom. The molecule has 0 radical (unpaired) electrons. The SMILES string of the molecule is CC(C)(C)[S@+]([O-])NC(Cc1nc(S(C)(=O)=O)ccc1F)c1ccccc1-c1noc2c(F)cccc12. The molecule has 0 aliphatic carbocycles. The van der Waals surface area contributed by atoms with Gasteiger partial charge in [0.05, 0.1) is 17.1 Å². The smallest absolute Gasteiger partial charge is 0.203 e. The fourth-order valence-electron chi connectivity index (χ4n) is 3.67. The van der Waals surface area contributed by atoms with Gasteiger partial charge in [-0.1, -0.05) is 35.5 Å². The Bertz CT molecular complexity index is 1520. The highest BCUT2D eigenvalue weighted by atomic mass is 32.2. The summed E-state index contributed by atoms with van der Waals surface area (Å²) >= 11 is -1.58. The van der Waals surface area contributed by atoms with Gasteiger partial charge in [0.25, 0.3) is 0 Å². The topological polar surface area (TPSA) is 108 Å². The van der Waals surface area contributed by atoms with Gasteiger partial charge in [0.1, 0.15) is 16.3 Å². The molecule has 190 valence electrons. The maximum Gasteiger partial charge on any atom is 0.203 e. The molecule has 2 heterocycles. The van der Waals surface area contributed by atoms with Gasteiger partial charge in [0.15, 0.2) is 20.7 Å². The zero-order chi connectivity index (χ0) is 26.3. The molecule has 2 atom stereocenters. The van der Waals surface area contributed by atoms with Crippen LogP contribution in [0.4, 0.5) is 8.78 Å². The van der Waals surface area contributed by atoms with E-state index in [1.165, 1.54) is 6.07 Å². The summed E-state index contributed by atoms with van der Waals surface area (Å²) in [4.78, 5) is 4.05. The van der Waals surface area contributed by atoms with E-state index in [2.05, 4.69) is 14.9 Å². The largest absolute Gasteiger partial charge is 0.598 e. The summed E-state index contributed by atoms with van der Waals surface area (Å²) in [6.07, 6.45) is 0.879. The minimum atomic E-state index is -3.68. The van der Waals surface area contributed by atoms with Crippen molar-refractivity contribution in [3.05, 3.63) is 77.5 Å². The van der Waals surface area contributed by atoms with E-state index in [0.29, 0.717) is 22.2 Å². The third kappa shape index (κ3) is 5.44. The third-order valence-electron chi connectivity index (χ3n) is 5.52. The minimum Gasteiger partial charge on any atom is -0.598 e. The summed E-state index contributed by atoms with van der Waals surface area (Å²) < 4.78 is 73.9. The van der Waals surface area contributed by atoms with Crippen LogP contribution >= 0.6 is 0 Å². The minimum absolute atomic E-state index is 0.00125. The number of para-hydroxylation sites is 1. The van der Waals surface area contributed by atoms with E-state index in [1.54, 1.807) is 57.2 Å². The Morgan fingerprint density at radius 1 is 1.06 bits per heavy atom. The van der Waals surface area contributed by atoms with E-state index >= 15 is 0 Å². The second kappa shape index (κ2) is 9.89. The van der Waals surface area contributed by atoms with E-state index in [9.17, 15) is 21.8 Å². The van der Waals surface area contributed by atoms with Crippen molar-refractivity contribution in [1.29, 1.82) is 0 Å². The Hall–Kier alpha value is -2.86. The van der Waals surface area contributed by atoms with Crippen LogP contribution in [-0.2, 0) is 27.6 Å². The van der Waals surface area contributed by atoms with Crippen molar-refractivity contribution in [3.63, 3.8) is 0 Å². The van der Waals surface area contributed by atoms with Crippen molar-refractivity contribution >= 4 is 32.2 Å². The van der Waals surface area contributed by atoms with E-state index < -0.39 is 43.6 Å². The number of nitrogens with one attached hydrogen (secondary N) is 1. The number of halogens is 2. The number of sulfone groups is 1. The maximum atomic E-state index is 14.8. The average molecular weight is 534 g/mol. The second-order valence-electron chi connectivity index (χ2n) is 9.34. The standard InChI is InChI=1S/C25H25F2N3O4S2/c1-25(2,3)35(31)30-20(14-21-18(26)12-13-22(28-21)36(4,32)33)15-8-5-6-9-16(15)23-17-10-7-11-19(27)24(17)34-29-23/h5-13,20,30H,14H2,1-4H3/t20?,35-/m0/s1. The molecule has 0 aliphatic rings. The van der Waals surface area contributed by atoms with Crippen molar-refractivity contribution in [2.45, 2.75) is 43.0 Å². The molecule has 1 unspecified atom stereocenters. The molecule has 0 fully saturated rings. The van der Waals surface area contributed by atoms with Crippen LogP contribution in [0.25, 0.3) is 22.2 Å². The van der Waals surface area contributed by atoms with Crippen molar-refractivity contribution in [3.8, 4) is 11.3 Å². The van der Waals surface area contributed by atoms with Crippen LogP contribution < -0.4 is 4.72 Å². The summed E-state index contributed by atoms with van der Waals surface area (Å²) in [5.41, 5.74) is 1.41. The predicted molar refractivity (Wildman–Crippen MR) is 134 cm³/mol. The molecule has 36 heavy (non-hydrogen) atoms. The molecule has 2 aromatic carbocycles. The zero-order valence-corrected chi connectivity index (χ0v) is 21.7. The van der Waals surface area contributed by atoms with Crippen LogP contribution in [0.3, 0.4) is 0 Å². The summed E-state index contributed by atoms with van der Waals surface area (Å²) in [6, 6.07) is 12.9. The number of fused-ring (bicyclic) bond motifs is 1. The van der Waals surface area contributed by atoms with Crippen LogP contribution in [0.5, 0.6) is 0 Å². The first-order valence-electron chi connectivity index (χ1n) is 11.0. The first kappa shape index (κ1) is 26.2. The van der Waals surface area contributed by atoms with Gasteiger partial charge in [0.2, 0.25) is 5.58 Å². The summed E-state index contributed by atoms with van der Waals surface area (Å²) in [5, 5.41) is 4.26. The van der Waals surface area contributed by atoms with Crippen molar-refractivity contribution in [2.75, 3.05) is 6.26 Å². The molecule has 1 N–H and O–H groups in total. The number of hydrogen-bond donors (Lipinski definition) is 1. The number of hydrogen-bond acceptors (Lipinski definition) is 7. The van der Waals surface area contributed by atoms with E-state index in [1.807, 2.05) is 0 Å². The van der Waals surface area contributed by atoms with Crippen LogP contribution in [-0.4, -0.2) is 34.1 Å². The Labute approximate surface area is 211 Å². The molecule has 0 spiro atoms. The molecule has 0 bridgehead atoms. The van der Waals surface area contributed by atoms with Gasteiger partial charge in [-0.2, -0.15) is 0 Å². The van der Waals surface area contributed by atoms with Crippen molar-refractivity contribution in [1.82, 2.24) is 14.9 Å². The molecule has 0 aliphatic heterocycles. The lowest BCUT2D eigenvalue weighted by Crippen LogP contribution is -2.42. The van der Waals surface area contributed by atoms with Crippen molar-refractivity contribution < 1.29 is 26.3 Å². The van der Waals surface area contributed by atoms with Crippen LogP contribution in [0.2, 0.25) is 0 Å². The number of nitrogens with zero attached hydrogens (tertiary/aromatic N) is 2. The Kier molecular flexibility index (Phi) is 7.20. The molecule has 0 amide bonds. The highest BCUT2D eigenvalue weighted by Crippen LogP contribution is 2.36. The van der Waals surface area contributed by atoms with Gasteiger partial charge in [0, 0.05) is 29.6 Å². The molecular weight excluding hydrogens is 508 g/mol. The lowest BCUT2D eigenvalue weighted by molar-refractivity contribution is 0.443. The highest BCUT2D eigenvalue weighted by Gasteiger charge is 2.32. The number of benzene rings is 2. The normalized spacial score (nSPS) is 14.2. The van der Waals surface area contributed by atoms with E-state index in [-0.39, 0.29) is 22.7 Å². The first-order valence-corrected chi connectivity index (χ1v) is 14.1. The number of pyridine rings is 1. The molecule has 11 heteroatoms. The molecular formula is C25H25F2N3O4S2. The highest BCUT2D eigenvalue weighted by molar-refractivity contribution is 7.91. The molecule has 4 aromatic rings. The van der Waals surface area contributed by atoms with E-state index in [0.717, 1.165) is 18.4 Å². The maximum absolute atomic E-state index is 14.8. The quantitative estimate of drug-likeness (QED) is 0.336. The molecule has 0 saturated heterocycles. The lowest BCUT2D eigenvalue weighted by atomic mass is 9.94. The molecule has 0 saturated carbocycles. The van der Waals surface area contributed by atoms with Crippen molar-refractivity contribution in [2.24, 2.45) is 0 Å². The predicted octanol–water partition coefficient (Wildman–Crippen LogP) is 4.91. The monoisotopic (exact) mass is 533 g/mol. The second-order valence-corrected chi connectivity index (χ2v) is 13.3. The van der Waals surface area contributed by atoms with Crippen LogP contribution in [0.15, 0.2) is 64.1 Å². The van der Waals surface area contributed by atoms with Gasteiger partial charge in [-0.25, -0.2) is 22.2 Å². The molecule has 7 nitrogen and oxygen atoms in total. The average Bonchev–Trinajstić information content (AvgIpc) is 3.24. The number of aromatic nitrogens is 2. The first-order chi connectivity index (χ1) is 16.9. The van der Waals surface area contributed by atoms with Gasteiger partial charge in [-0.15, -0.1) is 4.72 Å².